The molecule has 1 aliphatic rings. The first-order chi connectivity index (χ1) is 13.9. The van der Waals surface area contributed by atoms with E-state index in [1.165, 1.54) is 17.7 Å². The standard InChI is InChI=1S/C21H22FN3O.CH2Cl2/c1-21(2)12-13(6-9-24-21)18-11-17-15(7-8-23-20(17)25-18)16-10-14(22)4-5-19(16)26-3;2-1-3/h4-5,7-8,10-12,24H,6,9H2,1-3H3,(H,23,25);1H2. The minimum absolute atomic E-state index is 0.0348. The maximum Gasteiger partial charge on any atom is 0.138 e. The van der Waals surface area contributed by atoms with Crippen molar-refractivity contribution in [3.05, 3.63) is 54.1 Å². The topological polar surface area (TPSA) is 49.9 Å². The first-order valence-corrected chi connectivity index (χ1v) is 10.4. The summed E-state index contributed by atoms with van der Waals surface area (Å²) in [5.41, 5.74) is 4.72. The van der Waals surface area contributed by atoms with Crippen molar-refractivity contribution < 1.29 is 9.13 Å². The molecule has 0 fully saturated rings. The predicted octanol–water partition coefficient (Wildman–Crippen LogP) is 5.95. The molecule has 29 heavy (non-hydrogen) atoms. The maximum atomic E-state index is 13.9. The molecule has 0 radical (unpaired) electrons. The average Bonchev–Trinajstić information content (AvgIpc) is 3.12. The zero-order valence-electron chi connectivity index (χ0n) is 16.7. The zero-order valence-corrected chi connectivity index (χ0v) is 18.2. The third-order valence-corrected chi connectivity index (χ3v) is 4.84. The van der Waals surface area contributed by atoms with E-state index < -0.39 is 0 Å². The van der Waals surface area contributed by atoms with Crippen molar-refractivity contribution in [2.24, 2.45) is 0 Å². The van der Waals surface area contributed by atoms with E-state index in [9.17, 15) is 4.39 Å². The van der Waals surface area contributed by atoms with Gasteiger partial charge in [-0.2, -0.15) is 0 Å². The molecule has 2 N–H and O–H groups in total. The molecule has 4 nitrogen and oxygen atoms in total. The summed E-state index contributed by atoms with van der Waals surface area (Å²) >= 11 is 9.53. The van der Waals surface area contributed by atoms with E-state index in [0.717, 1.165) is 40.8 Å². The number of H-pyrrole nitrogens is 1. The first-order valence-electron chi connectivity index (χ1n) is 9.29. The van der Waals surface area contributed by atoms with Crippen LogP contribution in [0, 0.1) is 5.82 Å². The molecule has 0 saturated heterocycles. The summed E-state index contributed by atoms with van der Waals surface area (Å²) in [5, 5.41) is 4.64. The van der Waals surface area contributed by atoms with Gasteiger partial charge in [0.1, 0.15) is 17.2 Å². The van der Waals surface area contributed by atoms with Crippen LogP contribution in [0.5, 0.6) is 5.75 Å². The van der Waals surface area contributed by atoms with Gasteiger partial charge >= 0.3 is 0 Å². The van der Waals surface area contributed by atoms with Crippen LogP contribution in [0.1, 0.15) is 26.0 Å². The highest BCUT2D eigenvalue weighted by Crippen LogP contribution is 2.36. The molecule has 1 aromatic carbocycles. The Labute approximate surface area is 180 Å². The van der Waals surface area contributed by atoms with Crippen molar-refractivity contribution in [2.45, 2.75) is 25.8 Å². The maximum absolute atomic E-state index is 13.9. The summed E-state index contributed by atoms with van der Waals surface area (Å²) in [5.74, 6) is 0.355. The Morgan fingerprint density at radius 2 is 1.93 bits per heavy atom. The minimum Gasteiger partial charge on any atom is -0.496 e. The lowest BCUT2D eigenvalue weighted by Crippen LogP contribution is -2.40. The van der Waals surface area contributed by atoms with Crippen LogP contribution in [0.2, 0.25) is 0 Å². The van der Waals surface area contributed by atoms with E-state index in [1.54, 1.807) is 19.4 Å². The van der Waals surface area contributed by atoms with Gasteiger partial charge in [0.05, 0.1) is 12.4 Å². The van der Waals surface area contributed by atoms with Crippen molar-refractivity contribution in [2.75, 3.05) is 19.0 Å². The number of ether oxygens (including phenoxy) is 1. The third-order valence-electron chi connectivity index (χ3n) is 4.84. The summed E-state index contributed by atoms with van der Waals surface area (Å²) in [6.07, 6.45) is 4.95. The number of fused-ring (bicyclic) bond motifs is 1. The molecular weight excluding hydrogens is 412 g/mol. The van der Waals surface area contributed by atoms with Crippen LogP contribution >= 0.6 is 23.2 Å². The Balaban J connectivity index is 0.000000755. The van der Waals surface area contributed by atoms with Gasteiger partial charge in [-0.25, -0.2) is 9.37 Å². The molecule has 3 heterocycles. The van der Waals surface area contributed by atoms with Crippen molar-refractivity contribution in [3.8, 4) is 16.9 Å². The number of benzene rings is 1. The summed E-state index contributed by atoms with van der Waals surface area (Å²) in [7, 11) is 1.60. The molecule has 154 valence electrons. The summed E-state index contributed by atoms with van der Waals surface area (Å²) < 4.78 is 19.3. The smallest absolute Gasteiger partial charge is 0.138 e. The molecule has 0 amide bonds. The molecule has 0 saturated carbocycles. The van der Waals surface area contributed by atoms with Crippen LogP contribution in [0.15, 0.2) is 42.6 Å². The first kappa shape index (κ1) is 21.6. The molecule has 4 rings (SSSR count). The van der Waals surface area contributed by atoms with Crippen LogP contribution in [0.4, 0.5) is 4.39 Å². The Bertz CT molecular complexity index is 1030. The molecule has 3 aromatic rings. The number of nitrogens with one attached hydrogen (secondary N) is 2. The highest BCUT2D eigenvalue weighted by molar-refractivity contribution is 6.40. The fraction of sp³-hybridized carbons (Fsp3) is 0.318. The summed E-state index contributed by atoms with van der Waals surface area (Å²) in [4.78, 5) is 7.89. The van der Waals surface area contributed by atoms with E-state index in [0.29, 0.717) is 5.75 Å². The fourth-order valence-corrected chi connectivity index (χ4v) is 3.62. The van der Waals surface area contributed by atoms with Gasteiger partial charge in [-0.1, -0.05) is 6.08 Å². The molecular formula is C22H24Cl2FN3O. The van der Waals surface area contributed by atoms with Crippen molar-refractivity contribution >= 4 is 39.8 Å². The van der Waals surface area contributed by atoms with Gasteiger partial charge in [0.15, 0.2) is 0 Å². The largest absolute Gasteiger partial charge is 0.496 e. The number of methoxy groups -OCH3 is 1. The van der Waals surface area contributed by atoms with E-state index in [-0.39, 0.29) is 16.7 Å². The number of hydrogen-bond acceptors (Lipinski definition) is 3. The second-order valence-corrected chi connectivity index (χ2v) is 8.13. The van der Waals surface area contributed by atoms with Gasteiger partial charge in [-0.05, 0) is 61.7 Å². The van der Waals surface area contributed by atoms with Crippen molar-refractivity contribution in [1.29, 1.82) is 0 Å². The second-order valence-electron chi connectivity index (χ2n) is 7.32. The Morgan fingerprint density at radius 3 is 2.62 bits per heavy atom. The van der Waals surface area contributed by atoms with Crippen molar-refractivity contribution in [1.82, 2.24) is 15.3 Å². The average molecular weight is 436 g/mol. The monoisotopic (exact) mass is 435 g/mol. The number of halogens is 3. The number of hydrogen-bond donors (Lipinski definition) is 2. The lowest BCUT2D eigenvalue weighted by atomic mass is 9.93. The molecule has 0 atom stereocenters. The number of aromatic amines is 1. The molecule has 1 aliphatic heterocycles. The highest BCUT2D eigenvalue weighted by Gasteiger charge is 2.22. The molecule has 0 bridgehead atoms. The van der Waals surface area contributed by atoms with Crippen LogP contribution in [-0.2, 0) is 0 Å². The molecule has 0 spiro atoms. The molecule has 0 unspecified atom stereocenters. The van der Waals surface area contributed by atoms with E-state index in [2.05, 4.69) is 41.3 Å². The van der Waals surface area contributed by atoms with Gasteiger partial charge < -0.3 is 15.0 Å². The number of pyridine rings is 1. The van der Waals surface area contributed by atoms with Crippen LogP contribution < -0.4 is 10.1 Å². The van der Waals surface area contributed by atoms with Gasteiger partial charge in [-0.3, -0.25) is 0 Å². The Kier molecular flexibility index (Phi) is 6.83. The second kappa shape index (κ2) is 9.16. The minimum atomic E-state index is -0.288. The fourth-order valence-electron chi connectivity index (χ4n) is 3.62. The molecule has 2 aromatic heterocycles. The SMILES string of the molecule is COc1ccc(F)cc1-c1ccnc2[nH]c(C3=CC(C)(C)NCC3)cc12.ClCCl. The van der Waals surface area contributed by atoms with Gasteiger partial charge in [0, 0.05) is 34.9 Å². The number of nitrogens with zero attached hydrogens (tertiary/aromatic N) is 1. The van der Waals surface area contributed by atoms with Gasteiger partial charge in [0.25, 0.3) is 0 Å². The zero-order chi connectivity index (χ0) is 21.0. The quantitative estimate of drug-likeness (QED) is 0.499. The van der Waals surface area contributed by atoms with Gasteiger partial charge in [-0.15, -0.1) is 23.2 Å². The number of alkyl halides is 2. The van der Waals surface area contributed by atoms with Crippen LogP contribution in [0.3, 0.4) is 0 Å². The third kappa shape index (κ3) is 4.92. The molecule has 7 heteroatoms. The predicted molar refractivity (Wildman–Crippen MR) is 119 cm³/mol. The Morgan fingerprint density at radius 1 is 1.17 bits per heavy atom. The lowest BCUT2D eigenvalue weighted by molar-refractivity contribution is 0.415. The van der Waals surface area contributed by atoms with Crippen molar-refractivity contribution in [3.63, 3.8) is 0 Å². The van der Waals surface area contributed by atoms with Gasteiger partial charge in [0.2, 0.25) is 0 Å². The van der Waals surface area contributed by atoms with E-state index in [4.69, 9.17) is 27.9 Å². The van der Waals surface area contributed by atoms with E-state index >= 15 is 0 Å². The van der Waals surface area contributed by atoms with Crippen LogP contribution in [-0.4, -0.2) is 34.5 Å². The molecule has 0 aliphatic carbocycles. The summed E-state index contributed by atoms with van der Waals surface area (Å²) in [6, 6.07) is 8.58. The Hall–Kier alpha value is -2.08. The van der Waals surface area contributed by atoms with E-state index in [1.807, 2.05) is 6.07 Å². The normalized spacial score (nSPS) is 15.4. The number of rotatable bonds is 3. The summed E-state index contributed by atoms with van der Waals surface area (Å²) in [6.45, 7) is 5.26. The highest BCUT2D eigenvalue weighted by atomic mass is 35.5. The van der Waals surface area contributed by atoms with Crippen LogP contribution in [0.25, 0.3) is 27.7 Å². The number of aromatic nitrogens is 2. The lowest BCUT2D eigenvalue weighted by Gasteiger charge is -2.29.